The lowest BCUT2D eigenvalue weighted by Crippen LogP contribution is -2.44. The van der Waals surface area contributed by atoms with Crippen LogP contribution >= 0.6 is 43.2 Å². The Morgan fingerprint density at radius 3 is 2.59 bits per heavy atom. The number of nitriles is 1. The summed E-state index contributed by atoms with van der Waals surface area (Å²) < 4.78 is 1.75. The monoisotopic (exact) mass is 376 g/mol. The largest absolute Gasteiger partial charge is 0.333 e. The van der Waals surface area contributed by atoms with Crippen LogP contribution in [0, 0.1) is 11.3 Å². The van der Waals surface area contributed by atoms with Crippen molar-refractivity contribution in [2.45, 2.75) is 31.2 Å². The van der Waals surface area contributed by atoms with Crippen molar-refractivity contribution in [2.75, 3.05) is 0 Å². The zero-order valence-corrected chi connectivity index (χ0v) is 12.9. The molecule has 3 nitrogen and oxygen atoms in total. The number of carbonyl (C=O) groups is 1. The topological polar surface area (TPSA) is 52.9 Å². The quantitative estimate of drug-likeness (QED) is 0.851. The van der Waals surface area contributed by atoms with Gasteiger partial charge in [0.25, 0.3) is 5.91 Å². The third-order valence-corrected chi connectivity index (χ3v) is 6.15. The molecule has 0 unspecified atom stereocenters. The minimum atomic E-state index is -0.653. The van der Waals surface area contributed by atoms with Gasteiger partial charge in [0.1, 0.15) is 5.54 Å². The molecule has 1 aliphatic rings. The highest BCUT2D eigenvalue weighted by Gasteiger charge is 2.35. The van der Waals surface area contributed by atoms with Crippen molar-refractivity contribution in [3.8, 4) is 6.07 Å². The van der Waals surface area contributed by atoms with Crippen molar-refractivity contribution in [1.82, 2.24) is 5.32 Å². The van der Waals surface area contributed by atoms with E-state index >= 15 is 0 Å². The zero-order chi connectivity index (χ0) is 12.5. The summed E-state index contributed by atoms with van der Waals surface area (Å²) in [6, 6.07) is 4.02. The summed E-state index contributed by atoms with van der Waals surface area (Å²) in [7, 11) is 0. The van der Waals surface area contributed by atoms with Gasteiger partial charge >= 0.3 is 0 Å². The molecule has 1 amide bonds. The highest BCUT2D eigenvalue weighted by atomic mass is 79.9. The van der Waals surface area contributed by atoms with Crippen LogP contribution in [0.4, 0.5) is 0 Å². The fraction of sp³-hybridized carbons (Fsp3) is 0.455. The molecule has 0 saturated heterocycles. The lowest BCUT2D eigenvalue weighted by Gasteiger charge is -2.21. The van der Waals surface area contributed by atoms with E-state index in [1.54, 1.807) is 6.07 Å². The lowest BCUT2D eigenvalue weighted by molar-refractivity contribution is 0.0925. The second-order valence-electron chi connectivity index (χ2n) is 4.09. The molecular weight excluding hydrogens is 368 g/mol. The van der Waals surface area contributed by atoms with Gasteiger partial charge in [0.2, 0.25) is 0 Å². The summed E-state index contributed by atoms with van der Waals surface area (Å²) in [5.74, 6) is -0.162. The minimum Gasteiger partial charge on any atom is -0.333 e. The molecule has 1 aliphatic carbocycles. The average Bonchev–Trinajstić information content (AvgIpc) is 2.88. The van der Waals surface area contributed by atoms with Crippen LogP contribution in [0.3, 0.4) is 0 Å². The molecule has 0 radical (unpaired) electrons. The number of hydrogen-bond acceptors (Lipinski definition) is 3. The number of nitrogens with one attached hydrogen (secondary N) is 1. The molecule has 0 bridgehead atoms. The smallest absolute Gasteiger partial charge is 0.262 e. The van der Waals surface area contributed by atoms with E-state index in [0.717, 1.165) is 33.9 Å². The fourth-order valence-corrected chi connectivity index (χ4v) is 3.91. The summed E-state index contributed by atoms with van der Waals surface area (Å²) in [6.45, 7) is 0. The molecule has 0 aromatic carbocycles. The maximum atomic E-state index is 12.0. The molecule has 0 spiro atoms. The van der Waals surface area contributed by atoms with Crippen LogP contribution in [-0.2, 0) is 0 Å². The van der Waals surface area contributed by atoms with Crippen LogP contribution in [-0.4, -0.2) is 11.4 Å². The molecule has 1 aromatic rings. The number of rotatable bonds is 2. The Hall–Kier alpha value is -0.380. The van der Waals surface area contributed by atoms with E-state index in [-0.39, 0.29) is 5.91 Å². The highest BCUT2D eigenvalue weighted by molar-refractivity contribution is 9.13. The van der Waals surface area contributed by atoms with Crippen LogP contribution in [0.1, 0.15) is 35.4 Å². The van der Waals surface area contributed by atoms with Gasteiger partial charge in [-0.1, -0.05) is 0 Å². The van der Waals surface area contributed by atoms with Gasteiger partial charge in [0, 0.05) is 4.47 Å². The van der Waals surface area contributed by atoms with Gasteiger partial charge in [0.05, 0.1) is 14.7 Å². The van der Waals surface area contributed by atoms with Crippen molar-refractivity contribution in [1.29, 1.82) is 5.26 Å². The van der Waals surface area contributed by atoms with Crippen molar-refractivity contribution in [3.05, 3.63) is 19.2 Å². The summed E-state index contributed by atoms with van der Waals surface area (Å²) in [5.41, 5.74) is -0.653. The predicted molar refractivity (Wildman–Crippen MR) is 74.0 cm³/mol. The molecule has 1 N–H and O–H groups in total. The van der Waals surface area contributed by atoms with Crippen LogP contribution < -0.4 is 5.32 Å². The molecule has 1 heterocycles. The normalized spacial score (nSPS) is 17.7. The van der Waals surface area contributed by atoms with Crippen molar-refractivity contribution < 1.29 is 4.79 Å². The van der Waals surface area contributed by atoms with Crippen LogP contribution in [0.15, 0.2) is 14.3 Å². The maximum Gasteiger partial charge on any atom is 0.262 e. The van der Waals surface area contributed by atoms with Crippen molar-refractivity contribution in [2.24, 2.45) is 0 Å². The second kappa shape index (κ2) is 5.09. The first-order valence-corrected chi connectivity index (χ1v) is 7.65. The number of thiophene rings is 1. The number of carbonyl (C=O) groups excluding carboxylic acids is 1. The van der Waals surface area contributed by atoms with Crippen molar-refractivity contribution >= 4 is 49.1 Å². The van der Waals surface area contributed by atoms with Crippen LogP contribution in [0.5, 0.6) is 0 Å². The molecule has 17 heavy (non-hydrogen) atoms. The summed E-state index contributed by atoms with van der Waals surface area (Å²) in [6.07, 6.45) is 3.52. The van der Waals surface area contributed by atoms with E-state index < -0.39 is 5.54 Å². The third kappa shape index (κ3) is 2.72. The highest BCUT2D eigenvalue weighted by Crippen LogP contribution is 2.34. The first-order valence-electron chi connectivity index (χ1n) is 5.25. The van der Waals surface area contributed by atoms with Crippen LogP contribution in [0.25, 0.3) is 0 Å². The van der Waals surface area contributed by atoms with Gasteiger partial charge in [-0.3, -0.25) is 4.79 Å². The summed E-state index contributed by atoms with van der Waals surface area (Å²) in [5, 5.41) is 12.1. The first-order chi connectivity index (χ1) is 8.06. The minimum absolute atomic E-state index is 0.162. The predicted octanol–water partition coefficient (Wildman–Crippen LogP) is 3.84. The maximum absolute atomic E-state index is 12.0. The van der Waals surface area contributed by atoms with Gasteiger partial charge in [-0.25, -0.2) is 0 Å². The molecule has 2 rings (SSSR count). The number of nitrogens with zero attached hydrogens (tertiary/aromatic N) is 1. The molecule has 0 atom stereocenters. The van der Waals surface area contributed by atoms with E-state index in [9.17, 15) is 10.1 Å². The molecule has 1 saturated carbocycles. The Kier molecular flexibility index (Phi) is 3.91. The summed E-state index contributed by atoms with van der Waals surface area (Å²) in [4.78, 5) is 12.7. The van der Waals surface area contributed by atoms with Gasteiger partial charge < -0.3 is 5.32 Å². The Balaban J connectivity index is 2.14. The Morgan fingerprint density at radius 2 is 2.12 bits per heavy atom. The standard InChI is InChI=1S/C11H10Br2N2OS/c12-7-5-8(17-9(7)13)10(16)15-11(6-14)3-1-2-4-11/h5H,1-4H2,(H,15,16). The van der Waals surface area contributed by atoms with Gasteiger partial charge in [-0.2, -0.15) is 5.26 Å². The lowest BCUT2D eigenvalue weighted by atomic mass is 10.00. The van der Waals surface area contributed by atoms with Gasteiger partial charge in [-0.05, 0) is 63.6 Å². The zero-order valence-electron chi connectivity index (χ0n) is 8.93. The average molecular weight is 378 g/mol. The molecule has 1 aromatic heterocycles. The van der Waals surface area contributed by atoms with Crippen molar-refractivity contribution in [3.63, 3.8) is 0 Å². The van der Waals surface area contributed by atoms with E-state index in [4.69, 9.17) is 0 Å². The summed E-state index contributed by atoms with van der Waals surface area (Å²) >= 11 is 8.06. The number of amides is 1. The first kappa shape index (κ1) is 13.1. The molecular formula is C11H10Br2N2OS. The van der Waals surface area contributed by atoms with Gasteiger partial charge in [-0.15, -0.1) is 11.3 Å². The molecule has 0 aliphatic heterocycles. The SMILES string of the molecule is N#CC1(NC(=O)c2cc(Br)c(Br)s2)CCCC1. The Morgan fingerprint density at radius 1 is 1.47 bits per heavy atom. The van der Waals surface area contributed by atoms with Crippen LogP contribution in [0.2, 0.25) is 0 Å². The van der Waals surface area contributed by atoms with E-state index in [0.29, 0.717) is 4.88 Å². The van der Waals surface area contributed by atoms with E-state index in [1.165, 1.54) is 11.3 Å². The Labute approximate surface area is 120 Å². The van der Waals surface area contributed by atoms with E-state index in [1.807, 2.05) is 0 Å². The van der Waals surface area contributed by atoms with E-state index in [2.05, 4.69) is 43.2 Å². The second-order valence-corrected chi connectivity index (χ2v) is 7.31. The van der Waals surface area contributed by atoms with Gasteiger partial charge in [0.15, 0.2) is 0 Å². The number of hydrogen-bond donors (Lipinski definition) is 1. The Bertz CT molecular complexity index is 467. The number of halogens is 2. The molecule has 6 heteroatoms. The molecule has 1 fully saturated rings. The molecule has 90 valence electrons. The third-order valence-electron chi connectivity index (χ3n) is 2.89. The fourth-order valence-electron chi connectivity index (χ4n) is 1.98.